The fourth-order valence-corrected chi connectivity index (χ4v) is 12.8. The van der Waals surface area contributed by atoms with Crippen molar-refractivity contribution in [2.75, 3.05) is 40.9 Å². The maximum absolute atomic E-state index is 13.1. The Kier molecular flexibility index (Phi) is 68.1. The molecular formula is C78H153N2O6P. The number of aliphatic hydroxyl groups is 1. The first-order valence-electron chi connectivity index (χ1n) is 38.8. The highest BCUT2D eigenvalue weighted by molar-refractivity contribution is 7.45. The van der Waals surface area contributed by atoms with Crippen LogP contribution in [-0.2, 0) is 18.4 Å². The summed E-state index contributed by atoms with van der Waals surface area (Å²) in [6.07, 6.45) is 92.6. The van der Waals surface area contributed by atoms with E-state index in [0.717, 1.165) is 51.4 Å². The highest BCUT2D eigenvalue weighted by Gasteiger charge is 2.24. The molecule has 0 aromatic rings. The third kappa shape index (κ3) is 72.0. The highest BCUT2D eigenvalue weighted by Crippen LogP contribution is 2.38. The molecule has 1 amide bonds. The monoisotopic (exact) mass is 1250 g/mol. The standard InChI is InChI=1S/C78H153N2O6P/c1-6-8-10-12-14-16-18-20-22-24-26-28-30-32-34-35-36-37-38-39-40-41-42-43-44-45-46-48-50-52-54-56-58-60-62-64-66-68-70-72-78(82)79-76(75-86-87(83,84)85-74-73-80(3,4)5)77(81)71-69-67-65-63-61-59-57-55-53-51-49-47-33-31-29-27-25-23-21-19-17-15-13-11-9-7-2/h18,20,24,26,30,32,76-77,81H,6-17,19,21-23,25,27-29,31,33-75H2,1-5H3,(H-,79,82,83,84)/b20-18-,26-24-,32-30-. The number of quaternary nitrogens is 1. The molecule has 0 fully saturated rings. The summed E-state index contributed by atoms with van der Waals surface area (Å²) < 4.78 is 23.6. The molecule has 0 aliphatic carbocycles. The van der Waals surface area contributed by atoms with Gasteiger partial charge < -0.3 is 28.8 Å². The van der Waals surface area contributed by atoms with Gasteiger partial charge in [-0.15, -0.1) is 0 Å². The minimum absolute atomic E-state index is 0.0150. The molecule has 87 heavy (non-hydrogen) atoms. The summed E-state index contributed by atoms with van der Waals surface area (Å²) in [6, 6.07) is -0.800. The minimum Gasteiger partial charge on any atom is -0.756 e. The molecule has 0 aliphatic heterocycles. The SMILES string of the molecule is CCCCCCC/C=C\C/C=C\C/C=C\CCCCCCCCCCCCCCCCCCCCCCCCCCC(=O)NC(COP(=O)([O-])OCC[N+](C)(C)C)C(O)CCCCCCCCCCCCCCCCCCCCCCCCCCCC. The summed E-state index contributed by atoms with van der Waals surface area (Å²) in [7, 11) is 1.33. The molecule has 0 radical (unpaired) electrons. The van der Waals surface area contributed by atoms with Gasteiger partial charge >= 0.3 is 0 Å². The van der Waals surface area contributed by atoms with Crippen molar-refractivity contribution in [3.05, 3.63) is 36.5 Å². The third-order valence-electron chi connectivity index (χ3n) is 18.1. The number of allylic oxidation sites excluding steroid dienone is 6. The van der Waals surface area contributed by atoms with Crippen LogP contribution in [0, 0.1) is 0 Å². The Morgan fingerprint density at radius 1 is 0.402 bits per heavy atom. The summed E-state index contributed by atoms with van der Waals surface area (Å²) in [5, 5.41) is 14.1. The van der Waals surface area contributed by atoms with E-state index in [1.54, 1.807) is 0 Å². The van der Waals surface area contributed by atoms with Gasteiger partial charge in [0, 0.05) is 6.42 Å². The number of aliphatic hydroxyl groups excluding tert-OH is 1. The maximum Gasteiger partial charge on any atom is 0.268 e. The van der Waals surface area contributed by atoms with Gasteiger partial charge in [-0.05, 0) is 51.4 Å². The number of unbranched alkanes of at least 4 members (excludes halogenated alkanes) is 54. The smallest absolute Gasteiger partial charge is 0.268 e. The van der Waals surface area contributed by atoms with Crippen LogP contribution in [0.15, 0.2) is 36.5 Å². The maximum atomic E-state index is 13.1. The average molecular weight is 1250 g/mol. The number of nitrogens with one attached hydrogen (secondary N) is 1. The second-order valence-corrected chi connectivity index (χ2v) is 29.5. The summed E-state index contributed by atoms with van der Waals surface area (Å²) in [5.74, 6) is -0.155. The first-order chi connectivity index (χ1) is 42.5. The molecule has 0 bridgehead atoms. The highest BCUT2D eigenvalue weighted by atomic mass is 31.2. The summed E-state index contributed by atoms with van der Waals surface area (Å²) in [6.45, 7) is 4.78. The van der Waals surface area contributed by atoms with Gasteiger partial charge in [-0.3, -0.25) is 9.36 Å². The van der Waals surface area contributed by atoms with E-state index in [4.69, 9.17) is 9.05 Å². The molecule has 8 nitrogen and oxygen atoms in total. The number of likely N-dealkylation sites (N-methyl/N-ethyl adjacent to an activating group) is 1. The third-order valence-corrected chi connectivity index (χ3v) is 19.1. The largest absolute Gasteiger partial charge is 0.756 e. The number of amides is 1. The molecule has 0 heterocycles. The Labute approximate surface area is 544 Å². The van der Waals surface area contributed by atoms with Crippen LogP contribution in [-0.4, -0.2) is 68.5 Å². The number of nitrogens with zero attached hydrogens (tertiary/aromatic N) is 1. The van der Waals surface area contributed by atoms with Crippen molar-refractivity contribution in [1.29, 1.82) is 0 Å². The van der Waals surface area contributed by atoms with Crippen molar-refractivity contribution in [2.24, 2.45) is 0 Å². The van der Waals surface area contributed by atoms with Crippen LogP contribution in [0.4, 0.5) is 0 Å². The Bertz CT molecular complexity index is 1510. The fourth-order valence-electron chi connectivity index (χ4n) is 12.1. The van der Waals surface area contributed by atoms with E-state index in [2.05, 4.69) is 55.6 Å². The minimum atomic E-state index is -4.58. The second-order valence-electron chi connectivity index (χ2n) is 28.1. The van der Waals surface area contributed by atoms with Crippen molar-refractivity contribution in [3.63, 3.8) is 0 Å². The first-order valence-corrected chi connectivity index (χ1v) is 40.3. The van der Waals surface area contributed by atoms with Crippen LogP contribution in [0.1, 0.15) is 406 Å². The number of phosphoric ester groups is 1. The molecule has 9 heteroatoms. The van der Waals surface area contributed by atoms with E-state index < -0.39 is 20.0 Å². The number of carbonyl (C=O) groups is 1. The lowest BCUT2D eigenvalue weighted by atomic mass is 10.0. The molecule has 3 atom stereocenters. The fraction of sp³-hybridized carbons (Fsp3) is 0.910. The van der Waals surface area contributed by atoms with Gasteiger partial charge in [-0.2, -0.15) is 0 Å². The predicted molar refractivity (Wildman–Crippen MR) is 381 cm³/mol. The van der Waals surface area contributed by atoms with Gasteiger partial charge in [0.1, 0.15) is 13.2 Å². The van der Waals surface area contributed by atoms with Crippen molar-refractivity contribution in [3.8, 4) is 0 Å². The Balaban J connectivity index is 3.91. The van der Waals surface area contributed by atoms with E-state index in [-0.39, 0.29) is 19.1 Å². The van der Waals surface area contributed by atoms with Crippen molar-refractivity contribution in [2.45, 2.75) is 418 Å². The molecule has 0 saturated heterocycles. The zero-order valence-corrected chi connectivity index (χ0v) is 60.2. The zero-order valence-electron chi connectivity index (χ0n) is 59.3. The zero-order chi connectivity index (χ0) is 63.4. The van der Waals surface area contributed by atoms with Crippen LogP contribution in [0.2, 0.25) is 0 Å². The van der Waals surface area contributed by atoms with Gasteiger partial charge in [-0.25, -0.2) is 0 Å². The lowest BCUT2D eigenvalue weighted by molar-refractivity contribution is -0.870. The van der Waals surface area contributed by atoms with Gasteiger partial charge in [0.2, 0.25) is 5.91 Å². The van der Waals surface area contributed by atoms with Crippen LogP contribution < -0.4 is 10.2 Å². The quantitative estimate of drug-likeness (QED) is 0.0272. The van der Waals surface area contributed by atoms with Crippen LogP contribution in [0.3, 0.4) is 0 Å². The number of phosphoric acid groups is 1. The molecular weight excluding hydrogens is 1090 g/mol. The van der Waals surface area contributed by atoms with Gasteiger partial charge in [0.15, 0.2) is 0 Å². The number of hydrogen-bond acceptors (Lipinski definition) is 6. The topological polar surface area (TPSA) is 108 Å². The molecule has 0 rings (SSSR count). The van der Waals surface area contributed by atoms with E-state index in [0.29, 0.717) is 23.9 Å². The van der Waals surface area contributed by atoms with Gasteiger partial charge in [0.05, 0.1) is 39.9 Å². The Morgan fingerprint density at radius 3 is 0.966 bits per heavy atom. The van der Waals surface area contributed by atoms with Crippen LogP contribution >= 0.6 is 7.82 Å². The molecule has 0 saturated carbocycles. The lowest BCUT2D eigenvalue weighted by Gasteiger charge is -2.30. The summed E-state index contributed by atoms with van der Waals surface area (Å²) >= 11 is 0. The molecule has 0 aromatic heterocycles. The summed E-state index contributed by atoms with van der Waals surface area (Å²) in [5.41, 5.74) is 0. The van der Waals surface area contributed by atoms with Gasteiger partial charge in [0.25, 0.3) is 7.82 Å². The second kappa shape index (κ2) is 69.1. The van der Waals surface area contributed by atoms with E-state index in [1.165, 1.54) is 327 Å². The summed E-state index contributed by atoms with van der Waals surface area (Å²) in [4.78, 5) is 25.7. The van der Waals surface area contributed by atoms with Crippen molar-refractivity contribution in [1.82, 2.24) is 5.32 Å². The molecule has 0 spiro atoms. The van der Waals surface area contributed by atoms with E-state index in [9.17, 15) is 19.4 Å². The van der Waals surface area contributed by atoms with Crippen LogP contribution in [0.25, 0.3) is 0 Å². The van der Waals surface area contributed by atoms with Gasteiger partial charge in [-0.1, -0.05) is 384 Å². The molecule has 0 aliphatic rings. The molecule has 3 unspecified atom stereocenters. The van der Waals surface area contributed by atoms with E-state index >= 15 is 0 Å². The van der Waals surface area contributed by atoms with Crippen molar-refractivity contribution >= 4 is 13.7 Å². The average Bonchev–Trinajstić information content (AvgIpc) is 3.69. The lowest BCUT2D eigenvalue weighted by Crippen LogP contribution is -2.46. The predicted octanol–water partition coefficient (Wildman–Crippen LogP) is 24.5. The van der Waals surface area contributed by atoms with Crippen LogP contribution in [0.5, 0.6) is 0 Å². The molecule has 516 valence electrons. The van der Waals surface area contributed by atoms with E-state index in [1.807, 2.05) is 21.1 Å². The number of carbonyl (C=O) groups excluding carboxylic acids is 1. The number of rotatable bonds is 73. The Morgan fingerprint density at radius 2 is 0.667 bits per heavy atom. The van der Waals surface area contributed by atoms with Crippen molar-refractivity contribution < 1.29 is 32.9 Å². The molecule has 2 N–H and O–H groups in total. The molecule has 0 aromatic carbocycles. The normalized spacial score (nSPS) is 13.7. The number of hydrogen-bond donors (Lipinski definition) is 2. The Hall–Kier alpha value is -1.28. The first kappa shape index (κ1) is 85.7.